The van der Waals surface area contributed by atoms with E-state index < -0.39 is 5.97 Å². The lowest BCUT2D eigenvalue weighted by Crippen LogP contribution is -2.26. The summed E-state index contributed by atoms with van der Waals surface area (Å²) in [4.78, 5) is 24.0. The van der Waals surface area contributed by atoms with Crippen LogP contribution in [-0.4, -0.2) is 34.8 Å². The molecule has 7 nitrogen and oxygen atoms in total. The smallest absolute Gasteiger partial charge is 0.337 e. The lowest BCUT2D eigenvalue weighted by atomic mass is 10.1. The summed E-state index contributed by atoms with van der Waals surface area (Å²) in [6.45, 7) is 9.44. The van der Waals surface area contributed by atoms with E-state index in [-0.39, 0.29) is 17.9 Å². The fourth-order valence-electron chi connectivity index (χ4n) is 3.13. The number of aromatic nitrogens is 1. The van der Waals surface area contributed by atoms with Crippen molar-refractivity contribution in [1.82, 2.24) is 9.88 Å². The number of hydrogen-bond acceptors (Lipinski definition) is 4. The summed E-state index contributed by atoms with van der Waals surface area (Å²) >= 11 is 0. The SMILES string of the molecule is CCOc1ccc(CNC(=O)Cc2c(C(=O)O)c(C)cn2CC)cc1OCC. The molecule has 0 radical (unpaired) electrons. The summed E-state index contributed by atoms with van der Waals surface area (Å²) in [6, 6.07) is 5.54. The minimum atomic E-state index is -1.01. The van der Waals surface area contributed by atoms with Crippen LogP contribution in [-0.2, 0) is 24.3 Å². The Morgan fingerprint density at radius 2 is 1.79 bits per heavy atom. The number of carbonyl (C=O) groups excluding carboxylic acids is 1. The van der Waals surface area contributed by atoms with Crippen molar-refractivity contribution in [1.29, 1.82) is 0 Å². The minimum Gasteiger partial charge on any atom is -0.490 e. The molecule has 152 valence electrons. The van der Waals surface area contributed by atoms with E-state index in [4.69, 9.17) is 9.47 Å². The molecule has 0 aliphatic heterocycles. The van der Waals surface area contributed by atoms with Crippen LogP contribution < -0.4 is 14.8 Å². The first-order valence-corrected chi connectivity index (χ1v) is 9.48. The second kappa shape index (κ2) is 9.82. The van der Waals surface area contributed by atoms with Gasteiger partial charge in [0.2, 0.25) is 5.91 Å². The third-order valence-electron chi connectivity index (χ3n) is 4.36. The van der Waals surface area contributed by atoms with E-state index in [0.29, 0.717) is 49.1 Å². The van der Waals surface area contributed by atoms with Crippen molar-refractivity contribution in [3.63, 3.8) is 0 Å². The zero-order valence-electron chi connectivity index (χ0n) is 16.9. The van der Waals surface area contributed by atoms with Gasteiger partial charge in [-0.25, -0.2) is 4.79 Å². The van der Waals surface area contributed by atoms with Crippen LogP contribution in [0.25, 0.3) is 0 Å². The predicted molar refractivity (Wildman–Crippen MR) is 106 cm³/mol. The molecule has 0 saturated heterocycles. The average Bonchev–Trinajstić information content (AvgIpc) is 2.97. The van der Waals surface area contributed by atoms with Gasteiger partial charge >= 0.3 is 5.97 Å². The van der Waals surface area contributed by atoms with Gasteiger partial charge in [-0.2, -0.15) is 0 Å². The van der Waals surface area contributed by atoms with Gasteiger partial charge in [-0.05, 0) is 51.0 Å². The monoisotopic (exact) mass is 388 g/mol. The van der Waals surface area contributed by atoms with Gasteiger partial charge < -0.3 is 24.5 Å². The van der Waals surface area contributed by atoms with E-state index >= 15 is 0 Å². The van der Waals surface area contributed by atoms with Crippen molar-refractivity contribution in [3.8, 4) is 11.5 Å². The molecule has 7 heteroatoms. The molecule has 2 rings (SSSR count). The summed E-state index contributed by atoms with van der Waals surface area (Å²) in [5, 5.41) is 12.3. The number of amides is 1. The van der Waals surface area contributed by atoms with Gasteiger partial charge in [0, 0.05) is 25.0 Å². The Balaban J connectivity index is 2.09. The lowest BCUT2D eigenvalue weighted by molar-refractivity contribution is -0.120. The van der Waals surface area contributed by atoms with Crippen LogP contribution in [0.4, 0.5) is 0 Å². The number of aromatic carboxylic acids is 1. The molecular formula is C21H28N2O5. The van der Waals surface area contributed by atoms with Crippen molar-refractivity contribution in [2.24, 2.45) is 0 Å². The predicted octanol–water partition coefficient (Wildman–Crippen LogP) is 3.17. The Labute approximate surface area is 165 Å². The highest BCUT2D eigenvalue weighted by Gasteiger charge is 2.20. The topological polar surface area (TPSA) is 89.8 Å². The van der Waals surface area contributed by atoms with Crippen LogP contribution in [0.3, 0.4) is 0 Å². The third-order valence-corrected chi connectivity index (χ3v) is 4.36. The fraction of sp³-hybridized carbons (Fsp3) is 0.429. The number of nitrogens with zero attached hydrogens (tertiary/aromatic N) is 1. The Bertz CT molecular complexity index is 842. The minimum absolute atomic E-state index is 0.0126. The molecule has 2 N–H and O–H groups in total. The van der Waals surface area contributed by atoms with Crippen LogP contribution in [0.2, 0.25) is 0 Å². The van der Waals surface area contributed by atoms with Crippen molar-refractivity contribution >= 4 is 11.9 Å². The standard InChI is InChI=1S/C21H28N2O5/c1-5-23-13-14(4)20(21(25)26)16(23)11-19(24)22-12-15-8-9-17(27-6-2)18(10-15)28-7-3/h8-10,13H,5-7,11-12H2,1-4H3,(H,22,24)(H,25,26). The lowest BCUT2D eigenvalue weighted by Gasteiger charge is -2.13. The third kappa shape index (κ3) is 5.06. The first-order chi connectivity index (χ1) is 13.4. The van der Waals surface area contributed by atoms with E-state index in [1.807, 2.05) is 43.5 Å². The Morgan fingerprint density at radius 1 is 1.11 bits per heavy atom. The number of carbonyl (C=O) groups is 2. The van der Waals surface area contributed by atoms with Crippen LogP contribution >= 0.6 is 0 Å². The second-order valence-electron chi connectivity index (χ2n) is 6.33. The van der Waals surface area contributed by atoms with Crippen molar-refractivity contribution < 1.29 is 24.2 Å². The first-order valence-electron chi connectivity index (χ1n) is 9.48. The highest BCUT2D eigenvalue weighted by Crippen LogP contribution is 2.28. The number of hydrogen-bond donors (Lipinski definition) is 2. The summed E-state index contributed by atoms with van der Waals surface area (Å²) in [5.74, 6) is 0.0593. The van der Waals surface area contributed by atoms with Crippen molar-refractivity contribution in [3.05, 3.63) is 46.8 Å². The molecule has 0 saturated carbocycles. The molecule has 2 aromatic rings. The Hall–Kier alpha value is -2.96. The molecule has 0 fully saturated rings. The number of aryl methyl sites for hydroxylation is 2. The molecule has 1 heterocycles. The molecule has 1 aromatic carbocycles. The van der Waals surface area contributed by atoms with Gasteiger partial charge in [0.15, 0.2) is 11.5 Å². The molecule has 0 bridgehead atoms. The van der Waals surface area contributed by atoms with Gasteiger partial charge in [0.25, 0.3) is 0 Å². The molecule has 0 unspecified atom stereocenters. The number of benzene rings is 1. The fourth-order valence-corrected chi connectivity index (χ4v) is 3.13. The number of nitrogens with one attached hydrogen (secondary N) is 1. The molecule has 0 spiro atoms. The second-order valence-corrected chi connectivity index (χ2v) is 6.33. The number of carboxylic acid groups (broad SMARTS) is 1. The molecular weight excluding hydrogens is 360 g/mol. The molecule has 0 aliphatic rings. The quantitative estimate of drug-likeness (QED) is 0.652. The Kier molecular flexibility index (Phi) is 7.49. The summed E-state index contributed by atoms with van der Waals surface area (Å²) in [7, 11) is 0. The zero-order chi connectivity index (χ0) is 20.7. The maximum absolute atomic E-state index is 12.4. The van der Waals surface area contributed by atoms with Gasteiger partial charge in [-0.15, -0.1) is 0 Å². The average molecular weight is 388 g/mol. The normalized spacial score (nSPS) is 10.6. The largest absolute Gasteiger partial charge is 0.490 e. The number of rotatable bonds is 10. The van der Waals surface area contributed by atoms with Crippen LogP contribution in [0.15, 0.2) is 24.4 Å². The molecule has 1 amide bonds. The summed E-state index contributed by atoms with van der Waals surface area (Å²) in [6.07, 6.45) is 1.78. The van der Waals surface area contributed by atoms with E-state index in [9.17, 15) is 14.7 Å². The summed E-state index contributed by atoms with van der Waals surface area (Å²) in [5.41, 5.74) is 2.26. The maximum atomic E-state index is 12.4. The van der Waals surface area contributed by atoms with Crippen molar-refractivity contribution in [2.75, 3.05) is 13.2 Å². The van der Waals surface area contributed by atoms with Crippen LogP contribution in [0.5, 0.6) is 11.5 Å². The molecule has 28 heavy (non-hydrogen) atoms. The Morgan fingerprint density at radius 3 is 2.39 bits per heavy atom. The first kappa shape index (κ1) is 21.3. The number of carboxylic acids is 1. The van der Waals surface area contributed by atoms with Gasteiger partial charge in [-0.3, -0.25) is 4.79 Å². The highest BCUT2D eigenvalue weighted by atomic mass is 16.5. The van der Waals surface area contributed by atoms with E-state index in [1.165, 1.54) is 0 Å². The van der Waals surface area contributed by atoms with Gasteiger partial charge in [0.05, 0.1) is 25.2 Å². The van der Waals surface area contributed by atoms with Gasteiger partial charge in [-0.1, -0.05) is 6.07 Å². The molecule has 1 aromatic heterocycles. The highest BCUT2D eigenvalue weighted by molar-refractivity contribution is 5.93. The van der Waals surface area contributed by atoms with E-state index in [1.54, 1.807) is 13.1 Å². The van der Waals surface area contributed by atoms with Crippen LogP contribution in [0.1, 0.15) is 48.0 Å². The zero-order valence-corrected chi connectivity index (χ0v) is 16.9. The number of ether oxygens (including phenoxy) is 2. The summed E-state index contributed by atoms with van der Waals surface area (Å²) < 4.78 is 13.0. The van der Waals surface area contributed by atoms with Crippen LogP contribution in [0, 0.1) is 6.92 Å². The maximum Gasteiger partial charge on any atom is 0.337 e. The van der Waals surface area contributed by atoms with Crippen molar-refractivity contribution in [2.45, 2.75) is 47.2 Å². The molecule has 0 aliphatic carbocycles. The van der Waals surface area contributed by atoms with E-state index in [2.05, 4.69) is 5.32 Å². The van der Waals surface area contributed by atoms with Gasteiger partial charge in [0.1, 0.15) is 0 Å². The van der Waals surface area contributed by atoms with E-state index in [0.717, 1.165) is 5.56 Å². The molecule has 0 atom stereocenters.